The fourth-order valence-electron chi connectivity index (χ4n) is 3.18. The van der Waals surface area contributed by atoms with Crippen LogP contribution in [0, 0.1) is 17.0 Å². The predicted octanol–water partition coefficient (Wildman–Crippen LogP) is 2.55. The Labute approximate surface area is 168 Å². The molecule has 0 spiro atoms. The van der Waals surface area contributed by atoms with Crippen LogP contribution in [0.3, 0.4) is 0 Å². The average molecular weight is 441 g/mol. The number of non-ortho nitro benzene ring substituents is 1. The summed E-state index contributed by atoms with van der Waals surface area (Å²) in [5, 5.41) is 10.9. The first-order valence-electron chi connectivity index (χ1n) is 8.63. The SMILES string of the molecule is Cc1c(NS(=O)(=O)c2cccc([N+](=O)[O-])c2)cc(S(=O)(=O)O)cc1N1CCCC1. The number of nitro benzene ring substituents is 1. The summed E-state index contributed by atoms with van der Waals surface area (Å²) in [6.45, 7) is 2.98. The second kappa shape index (κ2) is 7.61. The number of hydrogen-bond donors (Lipinski definition) is 2. The molecule has 29 heavy (non-hydrogen) atoms. The lowest BCUT2D eigenvalue weighted by molar-refractivity contribution is -0.385. The number of rotatable bonds is 6. The van der Waals surface area contributed by atoms with Gasteiger partial charge in [0.05, 0.1) is 20.4 Å². The van der Waals surface area contributed by atoms with Crippen LogP contribution in [0.1, 0.15) is 18.4 Å². The Morgan fingerprint density at radius 3 is 2.31 bits per heavy atom. The van der Waals surface area contributed by atoms with Gasteiger partial charge in [0.2, 0.25) is 0 Å². The Morgan fingerprint density at radius 2 is 1.72 bits per heavy atom. The van der Waals surface area contributed by atoms with Crippen molar-refractivity contribution in [2.45, 2.75) is 29.6 Å². The summed E-state index contributed by atoms with van der Waals surface area (Å²) in [6.07, 6.45) is 1.81. The zero-order valence-corrected chi connectivity index (χ0v) is 17.0. The molecular formula is C17H19N3O7S2. The minimum absolute atomic E-state index is 0.0338. The molecule has 156 valence electrons. The highest BCUT2D eigenvalue weighted by atomic mass is 32.2. The maximum Gasteiger partial charge on any atom is 0.294 e. The molecule has 0 aromatic heterocycles. The van der Waals surface area contributed by atoms with Crippen molar-refractivity contribution in [1.29, 1.82) is 0 Å². The standard InChI is InChI=1S/C17H19N3O7S2/c1-12-16(18-28(23,24)14-6-4-5-13(9-14)20(21)22)10-15(29(25,26)27)11-17(12)19-7-2-3-8-19/h4-6,9-11,18H,2-3,7-8H2,1H3,(H,25,26,27). The molecule has 0 saturated carbocycles. The van der Waals surface area contributed by atoms with Gasteiger partial charge in [0, 0.05) is 30.9 Å². The van der Waals surface area contributed by atoms with Crippen LogP contribution in [-0.4, -0.2) is 39.4 Å². The van der Waals surface area contributed by atoms with Crippen molar-refractivity contribution < 1.29 is 26.3 Å². The topological polar surface area (TPSA) is 147 Å². The number of hydrogen-bond acceptors (Lipinski definition) is 7. The van der Waals surface area contributed by atoms with E-state index >= 15 is 0 Å². The molecule has 0 aliphatic carbocycles. The van der Waals surface area contributed by atoms with Crippen molar-refractivity contribution in [2.75, 3.05) is 22.7 Å². The maximum atomic E-state index is 12.8. The summed E-state index contributed by atoms with van der Waals surface area (Å²) in [4.78, 5) is 11.3. The third-order valence-electron chi connectivity index (χ3n) is 4.68. The molecule has 0 amide bonds. The van der Waals surface area contributed by atoms with Crippen LogP contribution in [0.4, 0.5) is 17.1 Å². The van der Waals surface area contributed by atoms with Crippen molar-refractivity contribution in [3.8, 4) is 0 Å². The Morgan fingerprint density at radius 1 is 1.07 bits per heavy atom. The van der Waals surface area contributed by atoms with Crippen LogP contribution in [-0.2, 0) is 20.1 Å². The third kappa shape index (κ3) is 4.49. The molecule has 12 heteroatoms. The first-order valence-corrected chi connectivity index (χ1v) is 11.6. The van der Waals surface area contributed by atoms with E-state index in [4.69, 9.17) is 0 Å². The van der Waals surface area contributed by atoms with Crippen molar-refractivity contribution in [3.63, 3.8) is 0 Å². The Hall–Kier alpha value is -2.70. The zero-order chi connectivity index (χ0) is 21.4. The van der Waals surface area contributed by atoms with Crippen LogP contribution in [0.2, 0.25) is 0 Å². The molecule has 2 aromatic carbocycles. The summed E-state index contributed by atoms with van der Waals surface area (Å²) in [5.41, 5.74) is 0.547. The van der Waals surface area contributed by atoms with Crippen LogP contribution in [0.25, 0.3) is 0 Å². The minimum Gasteiger partial charge on any atom is -0.371 e. The molecule has 0 unspecified atom stereocenters. The van der Waals surface area contributed by atoms with Gasteiger partial charge in [-0.3, -0.25) is 19.4 Å². The summed E-state index contributed by atoms with van der Waals surface area (Å²) in [5.74, 6) is 0. The number of nitrogens with one attached hydrogen (secondary N) is 1. The second-order valence-electron chi connectivity index (χ2n) is 6.64. The van der Waals surface area contributed by atoms with Crippen LogP contribution < -0.4 is 9.62 Å². The van der Waals surface area contributed by atoms with Gasteiger partial charge in [0.1, 0.15) is 0 Å². The quantitative estimate of drug-likeness (QED) is 0.395. The molecule has 1 aliphatic rings. The minimum atomic E-state index is -4.58. The van der Waals surface area contributed by atoms with E-state index in [9.17, 15) is 31.5 Å². The van der Waals surface area contributed by atoms with Crippen molar-refractivity contribution in [2.24, 2.45) is 0 Å². The van der Waals surface area contributed by atoms with Gasteiger partial charge in [0.25, 0.3) is 25.8 Å². The molecule has 2 N–H and O–H groups in total. The molecule has 0 atom stereocenters. The van der Waals surface area contributed by atoms with E-state index in [0.717, 1.165) is 31.0 Å². The number of nitrogens with zero attached hydrogens (tertiary/aromatic N) is 2. The molecule has 1 aliphatic heterocycles. The zero-order valence-electron chi connectivity index (χ0n) is 15.4. The first-order chi connectivity index (χ1) is 13.5. The monoisotopic (exact) mass is 441 g/mol. The fourth-order valence-corrected chi connectivity index (χ4v) is 4.86. The molecule has 10 nitrogen and oxygen atoms in total. The van der Waals surface area contributed by atoms with Crippen molar-refractivity contribution >= 4 is 37.2 Å². The summed E-state index contributed by atoms with van der Waals surface area (Å²) < 4.78 is 60.7. The number of benzene rings is 2. The predicted molar refractivity (Wildman–Crippen MR) is 106 cm³/mol. The van der Waals surface area contributed by atoms with Gasteiger partial charge in [-0.25, -0.2) is 8.42 Å². The Balaban J connectivity index is 2.09. The van der Waals surface area contributed by atoms with E-state index < -0.39 is 35.6 Å². The van der Waals surface area contributed by atoms with Gasteiger partial charge >= 0.3 is 0 Å². The van der Waals surface area contributed by atoms with Crippen LogP contribution >= 0.6 is 0 Å². The molecule has 3 rings (SSSR count). The normalized spacial score (nSPS) is 14.8. The van der Waals surface area contributed by atoms with E-state index in [-0.39, 0.29) is 10.6 Å². The molecule has 0 bridgehead atoms. The lowest BCUT2D eigenvalue weighted by Crippen LogP contribution is -2.21. The average Bonchev–Trinajstić information content (AvgIpc) is 3.17. The molecule has 1 saturated heterocycles. The lowest BCUT2D eigenvalue weighted by Gasteiger charge is -2.23. The first kappa shape index (κ1) is 21.0. The number of sulfonamides is 1. The van der Waals surface area contributed by atoms with Crippen molar-refractivity contribution in [3.05, 3.63) is 52.1 Å². The van der Waals surface area contributed by atoms with Crippen molar-refractivity contribution in [1.82, 2.24) is 0 Å². The summed E-state index contributed by atoms with van der Waals surface area (Å²) in [6, 6.07) is 6.84. The van der Waals surface area contributed by atoms with Gasteiger partial charge in [-0.15, -0.1) is 0 Å². The largest absolute Gasteiger partial charge is 0.371 e. The maximum absolute atomic E-state index is 12.8. The second-order valence-corrected chi connectivity index (χ2v) is 9.75. The molecule has 2 aromatic rings. The van der Waals surface area contributed by atoms with E-state index in [1.54, 1.807) is 6.92 Å². The van der Waals surface area contributed by atoms with E-state index in [0.29, 0.717) is 24.3 Å². The molecule has 1 fully saturated rings. The van der Waals surface area contributed by atoms with Gasteiger partial charge in [-0.1, -0.05) is 6.07 Å². The molecule has 0 radical (unpaired) electrons. The van der Waals surface area contributed by atoms with Crippen LogP contribution in [0.15, 0.2) is 46.2 Å². The number of anilines is 2. The highest BCUT2D eigenvalue weighted by Crippen LogP contribution is 2.34. The van der Waals surface area contributed by atoms with E-state index in [1.807, 2.05) is 4.90 Å². The molecular weight excluding hydrogens is 422 g/mol. The van der Waals surface area contributed by atoms with E-state index in [1.165, 1.54) is 18.2 Å². The van der Waals surface area contributed by atoms with E-state index in [2.05, 4.69) is 4.72 Å². The smallest absolute Gasteiger partial charge is 0.294 e. The summed E-state index contributed by atoms with van der Waals surface area (Å²) in [7, 11) is -8.83. The van der Waals surface area contributed by atoms with Gasteiger partial charge in [-0.2, -0.15) is 8.42 Å². The Kier molecular flexibility index (Phi) is 5.52. The lowest BCUT2D eigenvalue weighted by atomic mass is 10.1. The Bertz CT molecular complexity index is 1170. The fraction of sp³-hybridized carbons (Fsp3) is 0.294. The summed E-state index contributed by atoms with van der Waals surface area (Å²) >= 11 is 0. The van der Waals surface area contributed by atoms with Crippen LogP contribution in [0.5, 0.6) is 0 Å². The van der Waals surface area contributed by atoms with Gasteiger partial charge < -0.3 is 4.90 Å². The highest BCUT2D eigenvalue weighted by molar-refractivity contribution is 7.92. The van der Waals surface area contributed by atoms with Gasteiger partial charge in [-0.05, 0) is 43.5 Å². The van der Waals surface area contributed by atoms with Gasteiger partial charge in [0.15, 0.2) is 0 Å². The highest BCUT2D eigenvalue weighted by Gasteiger charge is 2.24. The molecule has 1 heterocycles. The third-order valence-corrected chi connectivity index (χ3v) is 6.88. The number of nitro groups is 1.